The Morgan fingerprint density at radius 2 is 2.47 bits per heavy atom. The van der Waals surface area contributed by atoms with E-state index in [1.165, 1.54) is 25.9 Å². The first-order valence-electron chi connectivity index (χ1n) is 6.75. The van der Waals surface area contributed by atoms with E-state index < -0.39 is 0 Å². The Labute approximate surface area is 104 Å². The highest BCUT2D eigenvalue weighted by Crippen LogP contribution is 2.15. The maximum absolute atomic E-state index is 5.38. The summed E-state index contributed by atoms with van der Waals surface area (Å²) >= 11 is 0. The molecule has 1 fully saturated rings. The van der Waals surface area contributed by atoms with Crippen LogP contribution in [0.3, 0.4) is 0 Å². The number of likely N-dealkylation sites (tertiary alicyclic amines) is 1. The number of furan rings is 1. The van der Waals surface area contributed by atoms with Crippen molar-refractivity contribution in [1.82, 2.24) is 10.2 Å². The van der Waals surface area contributed by atoms with Gasteiger partial charge in [-0.25, -0.2) is 0 Å². The van der Waals surface area contributed by atoms with Crippen molar-refractivity contribution in [2.45, 2.75) is 32.7 Å². The minimum absolute atomic E-state index is 0.312. The van der Waals surface area contributed by atoms with E-state index in [1.54, 1.807) is 6.26 Å². The van der Waals surface area contributed by atoms with E-state index in [1.807, 2.05) is 12.1 Å². The summed E-state index contributed by atoms with van der Waals surface area (Å²) in [6.45, 7) is 9.21. The maximum Gasteiger partial charge on any atom is 0.120 e. The van der Waals surface area contributed by atoms with Gasteiger partial charge in [-0.15, -0.1) is 0 Å². The molecule has 17 heavy (non-hydrogen) atoms. The van der Waals surface area contributed by atoms with Crippen molar-refractivity contribution < 1.29 is 4.42 Å². The molecule has 1 aromatic rings. The average Bonchev–Trinajstić information content (AvgIpc) is 2.82. The van der Waals surface area contributed by atoms with Crippen molar-refractivity contribution in [2.24, 2.45) is 5.92 Å². The monoisotopic (exact) mass is 236 g/mol. The summed E-state index contributed by atoms with van der Waals surface area (Å²) in [5, 5.41) is 3.51. The Morgan fingerprint density at radius 1 is 1.59 bits per heavy atom. The molecule has 1 saturated heterocycles. The van der Waals surface area contributed by atoms with Crippen LogP contribution in [0.5, 0.6) is 0 Å². The van der Waals surface area contributed by atoms with Crippen LogP contribution in [0.4, 0.5) is 0 Å². The second-order valence-electron chi connectivity index (χ2n) is 5.24. The first-order valence-corrected chi connectivity index (χ1v) is 6.75. The van der Waals surface area contributed by atoms with Crippen molar-refractivity contribution in [1.29, 1.82) is 0 Å². The fourth-order valence-electron chi connectivity index (χ4n) is 2.57. The summed E-state index contributed by atoms with van der Waals surface area (Å²) in [6.07, 6.45) is 4.49. The molecule has 0 saturated carbocycles. The molecule has 1 aromatic heterocycles. The van der Waals surface area contributed by atoms with Crippen LogP contribution in [0.2, 0.25) is 0 Å². The van der Waals surface area contributed by atoms with Gasteiger partial charge in [0.05, 0.1) is 12.3 Å². The third-order valence-corrected chi connectivity index (χ3v) is 3.59. The molecule has 1 aliphatic rings. The Balaban J connectivity index is 1.65. The molecule has 2 unspecified atom stereocenters. The lowest BCUT2D eigenvalue weighted by molar-refractivity contribution is 0.182. The minimum Gasteiger partial charge on any atom is -0.468 e. The highest BCUT2D eigenvalue weighted by molar-refractivity contribution is 5.02. The fraction of sp³-hybridized carbons (Fsp3) is 0.714. The largest absolute Gasteiger partial charge is 0.468 e. The predicted octanol–water partition coefficient (Wildman–Crippen LogP) is 2.66. The first kappa shape index (κ1) is 12.7. The molecule has 0 amide bonds. The van der Waals surface area contributed by atoms with Gasteiger partial charge < -0.3 is 14.6 Å². The molecule has 0 aromatic carbocycles. The Hall–Kier alpha value is -0.800. The molecule has 1 N–H and O–H groups in total. The number of rotatable bonds is 5. The third-order valence-electron chi connectivity index (χ3n) is 3.59. The zero-order chi connectivity index (χ0) is 12.1. The molecule has 0 bridgehead atoms. The zero-order valence-corrected chi connectivity index (χ0v) is 11.0. The quantitative estimate of drug-likeness (QED) is 0.852. The van der Waals surface area contributed by atoms with Crippen LogP contribution < -0.4 is 5.32 Å². The van der Waals surface area contributed by atoms with Crippen LogP contribution in [0.15, 0.2) is 22.8 Å². The highest BCUT2D eigenvalue weighted by atomic mass is 16.3. The average molecular weight is 236 g/mol. The van der Waals surface area contributed by atoms with Gasteiger partial charge in [-0.3, -0.25) is 0 Å². The van der Waals surface area contributed by atoms with Gasteiger partial charge in [0.25, 0.3) is 0 Å². The molecule has 1 aliphatic heterocycles. The van der Waals surface area contributed by atoms with Crippen LogP contribution in [-0.2, 0) is 0 Å². The molecule has 96 valence electrons. The van der Waals surface area contributed by atoms with Gasteiger partial charge in [-0.2, -0.15) is 0 Å². The Morgan fingerprint density at radius 3 is 3.18 bits per heavy atom. The standard InChI is InChI=1S/C14H24N2O/c1-12-5-3-8-16(11-12)9-7-15-13(2)14-6-4-10-17-14/h4,6,10,12-13,15H,3,5,7-9,11H2,1-2H3. The second-order valence-corrected chi connectivity index (χ2v) is 5.24. The number of nitrogens with one attached hydrogen (secondary N) is 1. The van der Waals surface area contributed by atoms with E-state index in [-0.39, 0.29) is 0 Å². The van der Waals surface area contributed by atoms with Crippen molar-refractivity contribution in [3.8, 4) is 0 Å². The number of hydrogen-bond donors (Lipinski definition) is 1. The maximum atomic E-state index is 5.38. The minimum atomic E-state index is 0.312. The van der Waals surface area contributed by atoms with Crippen molar-refractivity contribution in [3.05, 3.63) is 24.2 Å². The highest BCUT2D eigenvalue weighted by Gasteiger charge is 2.16. The Kier molecular flexibility index (Phi) is 4.63. The summed E-state index contributed by atoms with van der Waals surface area (Å²) in [5.41, 5.74) is 0. The van der Waals surface area contributed by atoms with Crippen LogP contribution in [0.25, 0.3) is 0 Å². The lowest BCUT2D eigenvalue weighted by Gasteiger charge is -2.31. The van der Waals surface area contributed by atoms with E-state index in [0.29, 0.717) is 6.04 Å². The molecule has 3 nitrogen and oxygen atoms in total. The van der Waals surface area contributed by atoms with Gasteiger partial charge in [0, 0.05) is 19.6 Å². The van der Waals surface area contributed by atoms with Gasteiger partial charge in [0.15, 0.2) is 0 Å². The van der Waals surface area contributed by atoms with E-state index >= 15 is 0 Å². The summed E-state index contributed by atoms with van der Waals surface area (Å²) in [6, 6.07) is 4.28. The van der Waals surface area contributed by atoms with Crippen LogP contribution in [0, 0.1) is 5.92 Å². The molecular weight excluding hydrogens is 212 g/mol. The summed E-state index contributed by atoms with van der Waals surface area (Å²) in [7, 11) is 0. The molecular formula is C14H24N2O. The van der Waals surface area contributed by atoms with Gasteiger partial charge in [-0.1, -0.05) is 6.92 Å². The Bertz CT molecular complexity index is 310. The third kappa shape index (κ3) is 3.86. The zero-order valence-electron chi connectivity index (χ0n) is 11.0. The van der Waals surface area contributed by atoms with Crippen molar-refractivity contribution >= 4 is 0 Å². The summed E-state index contributed by atoms with van der Waals surface area (Å²) in [5.74, 6) is 1.89. The molecule has 0 aliphatic carbocycles. The molecule has 2 rings (SSSR count). The van der Waals surface area contributed by atoms with E-state index in [4.69, 9.17) is 4.42 Å². The molecule has 0 radical (unpaired) electrons. The van der Waals surface area contributed by atoms with Crippen LogP contribution in [-0.4, -0.2) is 31.1 Å². The first-order chi connectivity index (χ1) is 8.25. The van der Waals surface area contributed by atoms with Gasteiger partial charge in [-0.05, 0) is 44.4 Å². The SMILES string of the molecule is CC1CCCN(CCNC(C)c2ccco2)C1. The van der Waals surface area contributed by atoms with Crippen molar-refractivity contribution in [2.75, 3.05) is 26.2 Å². The summed E-state index contributed by atoms with van der Waals surface area (Å²) < 4.78 is 5.38. The van der Waals surface area contributed by atoms with Gasteiger partial charge in [0.2, 0.25) is 0 Å². The molecule has 2 heterocycles. The lowest BCUT2D eigenvalue weighted by atomic mass is 10.0. The number of piperidine rings is 1. The topological polar surface area (TPSA) is 28.4 Å². The predicted molar refractivity (Wildman–Crippen MR) is 70.0 cm³/mol. The molecule has 2 atom stereocenters. The fourth-order valence-corrected chi connectivity index (χ4v) is 2.57. The molecule has 3 heteroatoms. The smallest absolute Gasteiger partial charge is 0.120 e. The van der Waals surface area contributed by atoms with E-state index in [2.05, 4.69) is 24.1 Å². The van der Waals surface area contributed by atoms with Gasteiger partial charge >= 0.3 is 0 Å². The van der Waals surface area contributed by atoms with Crippen LogP contribution in [0.1, 0.15) is 38.5 Å². The van der Waals surface area contributed by atoms with Crippen LogP contribution >= 0.6 is 0 Å². The van der Waals surface area contributed by atoms with Gasteiger partial charge in [0.1, 0.15) is 5.76 Å². The second kappa shape index (κ2) is 6.22. The van der Waals surface area contributed by atoms with E-state index in [0.717, 1.165) is 24.8 Å². The van der Waals surface area contributed by atoms with E-state index in [9.17, 15) is 0 Å². The molecule has 0 spiro atoms. The number of nitrogens with zero attached hydrogens (tertiary/aromatic N) is 1. The van der Waals surface area contributed by atoms with Crippen molar-refractivity contribution in [3.63, 3.8) is 0 Å². The number of hydrogen-bond acceptors (Lipinski definition) is 3. The lowest BCUT2D eigenvalue weighted by Crippen LogP contribution is -2.39. The summed E-state index contributed by atoms with van der Waals surface area (Å²) in [4.78, 5) is 2.57. The normalized spacial score (nSPS) is 23.8.